The lowest BCUT2D eigenvalue weighted by Crippen LogP contribution is -1.90. The molecular weight excluding hydrogens is 192 g/mol. The van der Waals surface area contributed by atoms with Crippen molar-refractivity contribution in [3.8, 4) is 10.4 Å². The van der Waals surface area contributed by atoms with Gasteiger partial charge in [-0.1, -0.05) is 30.3 Å². The number of thiophene rings is 1. The van der Waals surface area contributed by atoms with E-state index in [0.717, 1.165) is 16.0 Å². The molecule has 1 aromatic carbocycles. The summed E-state index contributed by atoms with van der Waals surface area (Å²) in [6.45, 7) is 1.61. The van der Waals surface area contributed by atoms with Crippen LogP contribution in [0.15, 0.2) is 41.8 Å². The summed E-state index contributed by atoms with van der Waals surface area (Å²) in [4.78, 5) is 12.4. The van der Waals surface area contributed by atoms with E-state index >= 15 is 0 Å². The molecule has 0 aliphatic rings. The SMILES string of the molecule is CC(=O)c1ccsc1-c1ccccc1. The first-order valence-corrected chi connectivity index (χ1v) is 5.31. The van der Waals surface area contributed by atoms with Crippen LogP contribution in [0.1, 0.15) is 17.3 Å². The summed E-state index contributed by atoms with van der Waals surface area (Å²) in [5.74, 6) is 0.130. The van der Waals surface area contributed by atoms with Crippen molar-refractivity contribution in [2.45, 2.75) is 6.92 Å². The first-order chi connectivity index (χ1) is 6.79. The molecule has 0 atom stereocenters. The molecule has 2 heteroatoms. The van der Waals surface area contributed by atoms with Crippen LogP contribution >= 0.6 is 11.3 Å². The van der Waals surface area contributed by atoms with Crippen molar-refractivity contribution < 1.29 is 4.79 Å². The Hall–Kier alpha value is -1.41. The van der Waals surface area contributed by atoms with Crippen LogP contribution < -0.4 is 0 Å². The van der Waals surface area contributed by atoms with Gasteiger partial charge in [-0.15, -0.1) is 11.3 Å². The number of benzene rings is 1. The van der Waals surface area contributed by atoms with Crippen molar-refractivity contribution in [2.24, 2.45) is 0 Å². The van der Waals surface area contributed by atoms with E-state index < -0.39 is 0 Å². The van der Waals surface area contributed by atoms with Gasteiger partial charge in [0.05, 0.1) is 0 Å². The lowest BCUT2D eigenvalue weighted by atomic mass is 10.1. The Kier molecular flexibility index (Phi) is 2.46. The lowest BCUT2D eigenvalue weighted by molar-refractivity contribution is 0.101. The molecule has 0 fully saturated rings. The first kappa shape index (κ1) is 9.16. The van der Waals surface area contributed by atoms with Crippen LogP contribution in [0.3, 0.4) is 0 Å². The smallest absolute Gasteiger partial charge is 0.161 e. The monoisotopic (exact) mass is 202 g/mol. The summed E-state index contributed by atoms with van der Waals surface area (Å²) < 4.78 is 0. The molecule has 0 aliphatic carbocycles. The minimum Gasteiger partial charge on any atom is -0.294 e. The fraction of sp³-hybridized carbons (Fsp3) is 0.0833. The van der Waals surface area contributed by atoms with Gasteiger partial charge in [0.25, 0.3) is 0 Å². The molecule has 0 N–H and O–H groups in total. The van der Waals surface area contributed by atoms with Crippen LogP contribution in [0.5, 0.6) is 0 Å². The van der Waals surface area contributed by atoms with Crippen molar-refractivity contribution >= 4 is 17.1 Å². The van der Waals surface area contributed by atoms with Crippen molar-refractivity contribution in [3.63, 3.8) is 0 Å². The van der Waals surface area contributed by atoms with Crippen molar-refractivity contribution in [1.82, 2.24) is 0 Å². The molecule has 0 unspecified atom stereocenters. The predicted octanol–water partition coefficient (Wildman–Crippen LogP) is 3.62. The zero-order chi connectivity index (χ0) is 9.97. The second-order valence-electron chi connectivity index (χ2n) is 3.09. The van der Waals surface area contributed by atoms with E-state index in [2.05, 4.69) is 0 Å². The largest absolute Gasteiger partial charge is 0.294 e. The summed E-state index contributed by atoms with van der Waals surface area (Å²) in [6.07, 6.45) is 0. The van der Waals surface area contributed by atoms with Crippen molar-refractivity contribution in [3.05, 3.63) is 47.3 Å². The van der Waals surface area contributed by atoms with E-state index in [1.807, 2.05) is 41.8 Å². The average Bonchev–Trinajstić information content (AvgIpc) is 2.67. The highest BCUT2D eigenvalue weighted by Crippen LogP contribution is 2.29. The number of carbonyl (C=O) groups is 1. The second kappa shape index (κ2) is 3.76. The highest BCUT2D eigenvalue weighted by molar-refractivity contribution is 7.14. The molecule has 1 nitrogen and oxygen atoms in total. The molecule has 70 valence electrons. The van der Waals surface area contributed by atoms with Gasteiger partial charge in [0.2, 0.25) is 0 Å². The number of Topliss-reactive ketones (excluding diaryl/α,β-unsaturated/α-hetero) is 1. The lowest BCUT2D eigenvalue weighted by Gasteiger charge is -1.99. The van der Waals surface area contributed by atoms with Gasteiger partial charge >= 0.3 is 0 Å². The standard InChI is InChI=1S/C12H10OS/c1-9(13)11-7-8-14-12(11)10-5-3-2-4-6-10/h2-8H,1H3. The fourth-order valence-electron chi connectivity index (χ4n) is 1.40. The zero-order valence-electron chi connectivity index (χ0n) is 7.86. The number of carbonyl (C=O) groups excluding carboxylic acids is 1. The molecule has 0 saturated carbocycles. The minimum absolute atomic E-state index is 0.130. The summed E-state index contributed by atoms with van der Waals surface area (Å²) >= 11 is 1.61. The molecule has 0 aliphatic heterocycles. The van der Waals surface area contributed by atoms with Crippen LogP contribution in [0.4, 0.5) is 0 Å². The summed E-state index contributed by atoms with van der Waals surface area (Å²) in [7, 11) is 0. The Balaban J connectivity index is 2.52. The topological polar surface area (TPSA) is 17.1 Å². The molecule has 2 rings (SSSR count). The normalized spacial score (nSPS) is 10.1. The maximum atomic E-state index is 11.3. The molecule has 0 radical (unpaired) electrons. The second-order valence-corrected chi connectivity index (χ2v) is 4.00. The Morgan fingerprint density at radius 2 is 1.86 bits per heavy atom. The highest BCUT2D eigenvalue weighted by atomic mass is 32.1. The molecule has 0 amide bonds. The Morgan fingerprint density at radius 3 is 2.50 bits per heavy atom. The summed E-state index contributed by atoms with van der Waals surface area (Å²) in [5.41, 5.74) is 1.94. The quantitative estimate of drug-likeness (QED) is 0.680. The molecule has 1 heterocycles. The third-order valence-corrected chi connectivity index (χ3v) is 3.04. The summed E-state index contributed by atoms with van der Waals surface area (Å²) in [6, 6.07) is 11.9. The number of hydrogen-bond donors (Lipinski definition) is 0. The van der Waals surface area contributed by atoms with Gasteiger partial charge < -0.3 is 0 Å². The Labute approximate surface area is 87.0 Å². The van der Waals surface area contributed by atoms with Crippen LogP contribution in [-0.2, 0) is 0 Å². The molecule has 0 spiro atoms. The zero-order valence-corrected chi connectivity index (χ0v) is 8.67. The van der Waals surface area contributed by atoms with Crippen LogP contribution in [0.2, 0.25) is 0 Å². The fourth-order valence-corrected chi connectivity index (χ4v) is 2.35. The van der Waals surface area contributed by atoms with Crippen LogP contribution in [-0.4, -0.2) is 5.78 Å². The number of hydrogen-bond acceptors (Lipinski definition) is 2. The Bertz CT molecular complexity index is 442. The van der Waals surface area contributed by atoms with Gasteiger partial charge in [-0.2, -0.15) is 0 Å². The molecule has 14 heavy (non-hydrogen) atoms. The van der Waals surface area contributed by atoms with E-state index in [9.17, 15) is 4.79 Å². The van der Waals surface area contributed by atoms with E-state index in [1.54, 1.807) is 18.3 Å². The maximum absolute atomic E-state index is 11.3. The van der Waals surface area contributed by atoms with E-state index in [0.29, 0.717) is 0 Å². The van der Waals surface area contributed by atoms with Gasteiger partial charge in [-0.05, 0) is 23.9 Å². The first-order valence-electron chi connectivity index (χ1n) is 4.43. The number of ketones is 1. The van der Waals surface area contributed by atoms with E-state index in [4.69, 9.17) is 0 Å². The third-order valence-electron chi connectivity index (χ3n) is 2.08. The summed E-state index contributed by atoms with van der Waals surface area (Å²) in [5, 5.41) is 1.96. The van der Waals surface area contributed by atoms with E-state index in [-0.39, 0.29) is 5.78 Å². The molecular formula is C12H10OS. The molecule has 2 aromatic rings. The van der Waals surface area contributed by atoms with Gasteiger partial charge in [0, 0.05) is 10.4 Å². The maximum Gasteiger partial charge on any atom is 0.161 e. The van der Waals surface area contributed by atoms with Crippen LogP contribution in [0, 0.1) is 0 Å². The van der Waals surface area contributed by atoms with Gasteiger partial charge in [0.15, 0.2) is 5.78 Å². The Morgan fingerprint density at radius 1 is 1.14 bits per heavy atom. The van der Waals surface area contributed by atoms with Gasteiger partial charge in [-0.3, -0.25) is 4.79 Å². The number of rotatable bonds is 2. The molecule has 0 saturated heterocycles. The predicted molar refractivity (Wildman–Crippen MR) is 59.8 cm³/mol. The molecule has 0 bridgehead atoms. The van der Waals surface area contributed by atoms with Gasteiger partial charge in [0.1, 0.15) is 0 Å². The third kappa shape index (κ3) is 1.61. The van der Waals surface area contributed by atoms with Crippen molar-refractivity contribution in [1.29, 1.82) is 0 Å². The van der Waals surface area contributed by atoms with E-state index in [1.165, 1.54) is 0 Å². The average molecular weight is 202 g/mol. The van der Waals surface area contributed by atoms with Crippen molar-refractivity contribution in [2.75, 3.05) is 0 Å². The van der Waals surface area contributed by atoms with Gasteiger partial charge in [-0.25, -0.2) is 0 Å². The van der Waals surface area contributed by atoms with Crippen LogP contribution in [0.25, 0.3) is 10.4 Å². The molecule has 1 aromatic heterocycles. The highest BCUT2D eigenvalue weighted by Gasteiger charge is 2.09. The minimum atomic E-state index is 0.130.